The standard InChI is InChI=1S/C26H29N3O5S/c1-18-13-19(2)15-22(14-18)29(17-26(30)28-27-20(3)21-9-7-6-8-10-21)35(31,32)23-11-12-24(33-4)25(16-23)34-5/h6-16,27H,3,17H2,1-2,4-5H3,(H,28,30). The zero-order valence-electron chi connectivity index (χ0n) is 20.2. The van der Waals surface area contributed by atoms with Crippen molar-refractivity contribution in [2.24, 2.45) is 0 Å². The Morgan fingerprint density at radius 3 is 2.11 bits per heavy atom. The van der Waals surface area contributed by atoms with Gasteiger partial charge in [0.25, 0.3) is 15.9 Å². The van der Waals surface area contributed by atoms with Gasteiger partial charge >= 0.3 is 0 Å². The molecule has 0 saturated carbocycles. The minimum Gasteiger partial charge on any atom is -0.493 e. The molecule has 0 unspecified atom stereocenters. The van der Waals surface area contributed by atoms with E-state index in [1.807, 2.05) is 50.2 Å². The van der Waals surface area contributed by atoms with Crippen molar-refractivity contribution in [3.63, 3.8) is 0 Å². The Hall–Kier alpha value is -3.98. The number of nitrogens with one attached hydrogen (secondary N) is 2. The number of hydrogen-bond donors (Lipinski definition) is 2. The normalized spacial score (nSPS) is 10.9. The van der Waals surface area contributed by atoms with Gasteiger partial charge in [-0.25, -0.2) is 8.42 Å². The summed E-state index contributed by atoms with van der Waals surface area (Å²) in [6.45, 7) is 7.17. The minimum atomic E-state index is -4.14. The molecule has 0 bridgehead atoms. The number of hydrazine groups is 1. The van der Waals surface area contributed by atoms with Gasteiger partial charge in [-0.3, -0.25) is 20.0 Å². The number of amides is 1. The van der Waals surface area contributed by atoms with Gasteiger partial charge in [0.2, 0.25) is 0 Å². The molecule has 3 aromatic carbocycles. The fourth-order valence-corrected chi connectivity index (χ4v) is 4.96. The van der Waals surface area contributed by atoms with Gasteiger partial charge in [-0.1, -0.05) is 43.0 Å². The fourth-order valence-electron chi connectivity index (χ4n) is 3.54. The van der Waals surface area contributed by atoms with Crippen LogP contribution in [0.5, 0.6) is 11.5 Å². The molecule has 0 aliphatic heterocycles. The topological polar surface area (TPSA) is 97.0 Å². The van der Waals surface area contributed by atoms with Crippen molar-refractivity contribution in [2.75, 3.05) is 25.1 Å². The average molecular weight is 496 g/mol. The van der Waals surface area contributed by atoms with Gasteiger partial charge in [-0.15, -0.1) is 0 Å². The first-order chi connectivity index (χ1) is 16.6. The number of rotatable bonds is 10. The summed E-state index contributed by atoms with van der Waals surface area (Å²) in [5.41, 5.74) is 8.65. The number of carbonyl (C=O) groups is 1. The molecule has 1 amide bonds. The second kappa shape index (κ2) is 11.0. The quantitative estimate of drug-likeness (QED) is 0.415. The molecule has 2 N–H and O–H groups in total. The van der Waals surface area contributed by atoms with Gasteiger partial charge < -0.3 is 9.47 Å². The van der Waals surface area contributed by atoms with Crippen LogP contribution in [0.4, 0.5) is 5.69 Å². The van der Waals surface area contributed by atoms with Crippen molar-refractivity contribution < 1.29 is 22.7 Å². The summed E-state index contributed by atoms with van der Waals surface area (Å²) in [5.74, 6) is 0.0929. The maximum absolute atomic E-state index is 13.7. The molecule has 0 spiro atoms. The first-order valence-corrected chi connectivity index (χ1v) is 12.2. The van der Waals surface area contributed by atoms with Crippen LogP contribution in [0.3, 0.4) is 0 Å². The van der Waals surface area contributed by atoms with Crippen molar-refractivity contribution in [1.82, 2.24) is 10.9 Å². The van der Waals surface area contributed by atoms with Crippen LogP contribution in [0.15, 0.2) is 78.2 Å². The fraction of sp³-hybridized carbons (Fsp3) is 0.192. The first-order valence-electron chi connectivity index (χ1n) is 10.8. The van der Waals surface area contributed by atoms with E-state index >= 15 is 0 Å². The summed E-state index contributed by atoms with van der Waals surface area (Å²) >= 11 is 0. The number of hydrogen-bond acceptors (Lipinski definition) is 6. The summed E-state index contributed by atoms with van der Waals surface area (Å²) < 4.78 is 39.0. The molecule has 0 fully saturated rings. The molecular weight excluding hydrogens is 466 g/mol. The molecule has 35 heavy (non-hydrogen) atoms. The highest BCUT2D eigenvalue weighted by Gasteiger charge is 2.28. The van der Waals surface area contributed by atoms with Gasteiger partial charge in [0.15, 0.2) is 11.5 Å². The number of benzene rings is 3. The van der Waals surface area contributed by atoms with Gasteiger partial charge in [0, 0.05) is 6.07 Å². The van der Waals surface area contributed by atoms with Crippen LogP contribution in [0.1, 0.15) is 16.7 Å². The Balaban J connectivity index is 1.92. The molecule has 3 aromatic rings. The summed E-state index contributed by atoms with van der Waals surface area (Å²) in [6, 6.07) is 18.9. The van der Waals surface area contributed by atoms with Crippen LogP contribution in [0.2, 0.25) is 0 Å². The molecule has 0 atom stereocenters. The van der Waals surface area contributed by atoms with Crippen LogP contribution < -0.4 is 24.6 Å². The Labute approximate surface area is 206 Å². The molecular formula is C26H29N3O5S. The van der Waals surface area contributed by atoms with E-state index in [9.17, 15) is 13.2 Å². The number of nitrogens with zero attached hydrogens (tertiary/aromatic N) is 1. The van der Waals surface area contributed by atoms with Gasteiger partial charge in [0.1, 0.15) is 6.54 Å². The van der Waals surface area contributed by atoms with E-state index in [4.69, 9.17) is 9.47 Å². The Bertz CT molecular complexity index is 1300. The lowest BCUT2D eigenvalue weighted by Crippen LogP contribution is -2.45. The SMILES string of the molecule is C=C(NNC(=O)CN(c1cc(C)cc(C)c1)S(=O)(=O)c1ccc(OC)c(OC)c1)c1ccccc1. The average Bonchev–Trinajstić information content (AvgIpc) is 2.85. The minimum absolute atomic E-state index is 0.0382. The molecule has 184 valence electrons. The number of methoxy groups -OCH3 is 2. The Morgan fingerprint density at radius 2 is 1.51 bits per heavy atom. The van der Waals surface area contributed by atoms with Crippen molar-refractivity contribution in [1.29, 1.82) is 0 Å². The molecule has 0 aliphatic rings. The molecule has 0 aromatic heterocycles. The van der Waals surface area contributed by atoms with Crippen molar-refractivity contribution in [3.05, 3.63) is 90.0 Å². The third-order valence-electron chi connectivity index (χ3n) is 5.20. The lowest BCUT2D eigenvalue weighted by Gasteiger charge is -2.25. The highest BCUT2D eigenvalue weighted by molar-refractivity contribution is 7.92. The number of anilines is 1. The number of carbonyl (C=O) groups excluding carboxylic acids is 1. The smallest absolute Gasteiger partial charge is 0.264 e. The summed E-state index contributed by atoms with van der Waals surface area (Å²) in [7, 11) is -1.25. The monoisotopic (exact) mass is 495 g/mol. The van der Waals surface area contributed by atoms with E-state index in [-0.39, 0.29) is 10.6 Å². The van der Waals surface area contributed by atoms with Crippen LogP contribution >= 0.6 is 0 Å². The van der Waals surface area contributed by atoms with Gasteiger partial charge in [-0.2, -0.15) is 0 Å². The summed E-state index contributed by atoms with van der Waals surface area (Å²) in [5, 5.41) is 0. The highest BCUT2D eigenvalue weighted by Crippen LogP contribution is 2.32. The lowest BCUT2D eigenvalue weighted by molar-refractivity contribution is -0.120. The van der Waals surface area contributed by atoms with E-state index in [0.29, 0.717) is 17.1 Å². The molecule has 0 aliphatic carbocycles. The zero-order valence-corrected chi connectivity index (χ0v) is 21.0. The zero-order chi connectivity index (χ0) is 25.6. The maximum Gasteiger partial charge on any atom is 0.264 e. The third-order valence-corrected chi connectivity index (χ3v) is 6.97. The maximum atomic E-state index is 13.7. The number of ether oxygens (including phenoxy) is 2. The Morgan fingerprint density at radius 1 is 0.886 bits per heavy atom. The largest absolute Gasteiger partial charge is 0.493 e. The first kappa shape index (κ1) is 25.6. The van der Waals surface area contributed by atoms with Crippen LogP contribution in [0, 0.1) is 13.8 Å². The second-order valence-electron chi connectivity index (χ2n) is 7.89. The predicted molar refractivity (Wildman–Crippen MR) is 137 cm³/mol. The Kier molecular flexibility index (Phi) is 8.03. The molecule has 0 saturated heterocycles. The molecule has 9 heteroatoms. The van der Waals surface area contributed by atoms with Crippen LogP contribution in [0.25, 0.3) is 5.70 Å². The third kappa shape index (κ3) is 6.13. The van der Waals surface area contributed by atoms with E-state index < -0.39 is 22.5 Å². The van der Waals surface area contributed by atoms with Crippen molar-refractivity contribution >= 4 is 27.3 Å². The van der Waals surface area contributed by atoms with Crippen molar-refractivity contribution in [2.45, 2.75) is 18.7 Å². The summed E-state index contributed by atoms with van der Waals surface area (Å²) in [4.78, 5) is 12.8. The predicted octanol–water partition coefficient (Wildman–Crippen LogP) is 3.81. The van der Waals surface area contributed by atoms with Gasteiger partial charge in [0.05, 0.1) is 30.5 Å². The second-order valence-corrected chi connectivity index (χ2v) is 9.75. The molecule has 0 heterocycles. The molecule has 3 rings (SSSR count). The van der Waals surface area contributed by atoms with Crippen LogP contribution in [-0.4, -0.2) is 35.1 Å². The van der Waals surface area contributed by atoms with E-state index in [0.717, 1.165) is 21.0 Å². The number of aryl methyl sites for hydroxylation is 2. The highest BCUT2D eigenvalue weighted by atomic mass is 32.2. The van der Waals surface area contributed by atoms with Crippen LogP contribution in [-0.2, 0) is 14.8 Å². The van der Waals surface area contributed by atoms with Gasteiger partial charge in [-0.05, 0) is 54.8 Å². The lowest BCUT2D eigenvalue weighted by atomic mass is 10.1. The number of sulfonamides is 1. The molecule has 0 radical (unpaired) electrons. The van der Waals surface area contributed by atoms with E-state index in [1.165, 1.54) is 32.4 Å². The van der Waals surface area contributed by atoms with E-state index in [2.05, 4.69) is 17.4 Å². The van der Waals surface area contributed by atoms with Crippen molar-refractivity contribution in [3.8, 4) is 11.5 Å². The van der Waals surface area contributed by atoms with E-state index in [1.54, 1.807) is 12.1 Å². The summed E-state index contributed by atoms with van der Waals surface area (Å²) in [6.07, 6.45) is 0. The molecule has 8 nitrogen and oxygen atoms in total.